The number of hydrogen-bond donors (Lipinski definition) is 3. The highest BCUT2D eigenvalue weighted by atomic mass is 35.5. The molecule has 3 rings (SSSR count). The van der Waals surface area contributed by atoms with Crippen molar-refractivity contribution in [2.24, 2.45) is 11.7 Å². The molecule has 1 aliphatic heterocycles. The van der Waals surface area contributed by atoms with Gasteiger partial charge in [0.1, 0.15) is 0 Å². The van der Waals surface area contributed by atoms with E-state index in [-0.39, 0.29) is 36.2 Å². The van der Waals surface area contributed by atoms with Crippen LogP contribution in [0, 0.1) is 5.92 Å². The van der Waals surface area contributed by atoms with Gasteiger partial charge in [-0.3, -0.25) is 4.79 Å². The number of rotatable bonds is 8. The standard InChI is InChI=1S/C18H27N3O5S.ClH/c1-18(12-19,13-3-4-13)21-17(22)7-8-20-27(23,24)14-5-6-15-16(11-14)26-10-2-9-25-15;/h5-6,11,13,20H,2-4,7-10,12,19H2,1H3,(H,21,22);1H. The third-order valence-corrected chi connectivity index (χ3v) is 6.46. The molecule has 1 aliphatic carbocycles. The number of nitrogens with two attached hydrogens (primary N) is 1. The summed E-state index contributed by atoms with van der Waals surface area (Å²) in [6.07, 6.45) is 2.91. The highest BCUT2D eigenvalue weighted by molar-refractivity contribution is 7.89. The summed E-state index contributed by atoms with van der Waals surface area (Å²) in [6, 6.07) is 4.50. The number of fused-ring (bicyclic) bond motifs is 1. The van der Waals surface area contributed by atoms with Gasteiger partial charge >= 0.3 is 0 Å². The fourth-order valence-electron chi connectivity index (χ4n) is 3.11. The number of hydrogen-bond acceptors (Lipinski definition) is 6. The summed E-state index contributed by atoms with van der Waals surface area (Å²) in [5.41, 5.74) is 5.38. The molecule has 0 saturated heterocycles. The Bertz CT molecular complexity index is 800. The largest absolute Gasteiger partial charge is 0.490 e. The van der Waals surface area contributed by atoms with Crippen molar-refractivity contribution in [2.75, 3.05) is 26.3 Å². The number of halogens is 1. The van der Waals surface area contributed by atoms with Gasteiger partial charge in [-0.2, -0.15) is 0 Å². The molecule has 1 atom stereocenters. The van der Waals surface area contributed by atoms with Gasteiger partial charge in [0.25, 0.3) is 0 Å². The molecule has 10 heteroatoms. The van der Waals surface area contributed by atoms with Crippen molar-refractivity contribution in [1.82, 2.24) is 10.0 Å². The van der Waals surface area contributed by atoms with Gasteiger partial charge in [0.2, 0.25) is 15.9 Å². The Labute approximate surface area is 172 Å². The molecule has 1 unspecified atom stereocenters. The predicted octanol–water partition coefficient (Wildman–Crippen LogP) is 1.18. The molecule has 1 amide bonds. The molecule has 1 heterocycles. The van der Waals surface area contributed by atoms with Crippen LogP contribution in [0.15, 0.2) is 23.1 Å². The first-order valence-corrected chi connectivity index (χ1v) is 10.7. The maximum absolute atomic E-state index is 12.5. The van der Waals surface area contributed by atoms with E-state index in [1.54, 1.807) is 6.07 Å². The second-order valence-corrected chi connectivity index (χ2v) is 9.02. The topological polar surface area (TPSA) is 120 Å². The zero-order valence-corrected chi connectivity index (χ0v) is 17.5. The van der Waals surface area contributed by atoms with E-state index in [9.17, 15) is 13.2 Å². The van der Waals surface area contributed by atoms with Crippen molar-refractivity contribution in [3.8, 4) is 11.5 Å². The number of sulfonamides is 1. The van der Waals surface area contributed by atoms with E-state index in [2.05, 4.69) is 10.0 Å². The first-order valence-electron chi connectivity index (χ1n) is 9.24. The second-order valence-electron chi connectivity index (χ2n) is 7.25. The smallest absolute Gasteiger partial charge is 0.240 e. The molecule has 1 fully saturated rings. The summed E-state index contributed by atoms with van der Waals surface area (Å²) in [4.78, 5) is 12.2. The van der Waals surface area contributed by atoms with E-state index in [1.807, 2.05) is 6.92 Å². The number of ether oxygens (including phenoxy) is 2. The van der Waals surface area contributed by atoms with Gasteiger partial charge in [-0.05, 0) is 37.8 Å². The first kappa shape index (κ1) is 22.7. The summed E-state index contributed by atoms with van der Waals surface area (Å²) in [7, 11) is -3.74. The molecule has 0 spiro atoms. The van der Waals surface area contributed by atoms with Crippen LogP contribution in [0.25, 0.3) is 0 Å². The zero-order chi connectivity index (χ0) is 19.5. The first-order chi connectivity index (χ1) is 12.8. The van der Waals surface area contributed by atoms with Gasteiger partial charge in [-0.15, -0.1) is 12.4 Å². The van der Waals surface area contributed by atoms with E-state index in [1.165, 1.54) is 12.1 Å². The van der Waals surface area contributed by atoms with Crippen LogP contribution in [0.1, 0.15) is 32.6 Å². The Morgan fingerprint density at radius 2 is 1.93 bits per heavy atom. The molecule has 4 N–H and O–H groups in total. The van der Waals surface area contributed by atoms with Crippen molar-refractivity contribution in [1.29, 1.82) is 0 Å². The minimum absolute atomic E-state index is 0. The highest BCUT2D eigenvalue weighted by Crippen LogP contribution is 2.39. The molecule has 0 aromatic heterocycles. The van der Waals surface area contributed by atoms with Crippen LogP contribution in [0.3, 0.4) is 0 Å². The average molecular weight is 434 g/mol. The maximum Gasteiger partial charge on any atom is 0.240 e. The third-order valence-electron chi connectivity index (χ3n) is 5.00. The van der Waals surface area contributed by atoms with Gasteiger partial charge in [0.15, 0.2) is 11.5 Å². The van der Waals surface area contributed by atoms with Crippen LogP contribution in [0.2, 0.25) is 0 Å². The Balaban J connectivity index is 0.00000280. The normalized spacial score (nSPS) is 18.4. The molecule has 28 heavy (non-hydrogen) atoms. The zero-order valence-electron chi connectivity index (χ0n) is 15.9. The highest BCUT2D eigenvalue weighted by Gasteiger charge is 2.41. The molecule has 0 bridgehead atoms. The summed E-state index contributed by atoms with van der Waals surface area (Å²) < 4.78 is 38.5. The summed E-state index contributed by atoms with van der Waals surface area (Å²) in [5, 5.41) is 2.94. The fraction of sp³-hybridized carbons (Fsp3) is 0.611. The van der Waals surface area contributed by atoms with E-state index < -0.39 is 15.6 Å². The van der Waals surface area contributed by atoms with Gasteiger partial charge in [0, 0.05) is 32.0 Å². The number of carbonyl (C=O) groups excluding carboxylic acids is 1. The van der Waals surface area contributed by atoms with Gasteiger partial charge in [-0.25, -0.2) is 13.1 Å². The van der Waals surface area contributed by atoms with Crippen LogP contribution in [0.5, 0.6) is 11.5 Å². The molecule has 158 valence electrons. The molecular formula is C18H28ClN3O5S. The van der Waals surface area contributed by atoms with Crippen LogP contribution in [-0.4, -0.2) is 46.2 Å². The number of carbonyl (C=O) groups is 1. The molecule has 0 radical (unpaired) electrons. The van der Waals surface area contributed by atoms with Crippen molar-refractivity contribution in [2.45, 2.75) is 43.0 Å². The van der Waals surface area contributed by atoms with E-state index >= 15 is 0 Å². The van der Waals surface area contributed by atoms with Gasteiger partial charge in [-0.1, -0.05) is 0 Å². The van der Waals surface area contributed by atoms with Gasteiger partial charge in [0.05, 0.1) is 23.6 Å². The number of nitrogens with one attached hydrogen (secondary N) is 2. The van der Waals surface area contributed by atoms with E-state index in [0.717, 1.165) is 19.3 Å². The second kappa shape index (κ2) is 9.30. The minimum atomic E-state index is -3.74. The van der Waals surface area contributed by atoms with Gasteiger partial charge < -0.3 is 20.5 Å². The molecular weight excluding hydrogens is 406 g/mol. The predicted molar refractivity (Wildman–Crippen MR) is 107 cm³/mol. The Morgan fingerprint density at radius 1 is 1.25 bits per heavy atom. The van der Waals surface area contributed by atoms with Crippen molar-refractivity contribution in [3.05, 3.63) is 18.2 Å². The molecule has 2 aliphatic rings. The maximum atomic E-state index is 12.5. The van der Waals surface area contributed by atoms with Crippen LogP contribution >= 0.6 is 12.4 Å². The Morgan fingerprint density at radius 3 is 2.57 bits per heavy atom. The van der Waals surface area contributed by atoms with Crippen molar-refractivity contribution < 1.29 is 22.7 Å². The Hall–Kier alpha value is -1.55. The lowest BCUT2D eigenvalue weighted by atomic mass is 9.96. The number of benzene rings is 1. The molecule has 1 saturated carbocycles. The lowest BCUT2D eigenvalue weighted by molar-refractivity contribution is -0.122. The Kier molecular flexibility index (Phi) is 7.55. The molecule has 1 aromatic rings. The quantitative estimate of drug-likeness (QED) is 0.566. The third kappa shape index (κ3) is 5.50. The van der Waals surface area contributed by atoms with Crippen molar-refractivity contribution >= 4 is 28.3 Å². The molecule has 1 aromatic carbocycles. The SMILES string of the molecule is CC(CN)(NC(=O)CCNS(=O)(=O)c1ccc2c(c1)OCCCO2)C1CC1.Cl. The van der Waals surface area contributed by atoms with E-state index in [0.29, 0.717) is 37.2 Å². The van der Waals surface area contributed by atoms with E-state index in [4.69, 9.17) is 15.2 Å². The fourth-order valence-corrected chi connectivity index (χ4v) is 4.16. The monoisotopic (exact) mass is 433 g/mol. The summed E-state index contributed by atoms with van der Waals surface area (Å²) in [6.45, 7) is 3.32. The van der Waals surface area contributed by atoms with Crippen molar-refractivity contribution in [3.63, 3.8) is 0 Å². The summed E-state index contributed by atoms with van der Waals surface area (Å²) in [5.74, 6) is 1.14. The van der Waals surface area contributed by atoms with Crippen LogP contribution < -0.4 is 25.2 Å². The minimum Gasteiger partial charge on any atom is -0.490 e. The van der Waals surface area contributed by atoms with Crippen LogP contribution in [-0.2, 0) is 14.8 Å². The van der Waals surface area contributed by atoms with Crippen LogP contribution in [0.4, 0.5) is 0 Å². The summed E-state index contributed by atoms with van der Waals surface area (Å²) >= 11 is 0. The molecule has 8 nitrogen and oxygen atoms in total. The average Bonchev–Trinajstić information content (AvgIpc) is 3.47. The number of amides is 1. The lowest BCUT2D eigenvalue weighted by Crippen LogP contribution is -2.53. The lowest BCUT2D eigenvalue weighted by Gasteiger charge is -2.29.